The second kappa shape index (κ2) is 9.02. The maximum absolute atomic E-state index is 12.2. The van der Waals surface area contributed by atoms with E-state index in [1.165, 1.54) is 51.4 Å². The maximum Gasteiger partial charge on any atom is 0.136 e. The van der Waals surface area contributed by atoms with Crippen molar-refractivity contribution in [1.82, 2.24) is 0 Å². The summed E-state index contributed by atoms with van der Waals surface area (Å²) in [6.45, 7) is 13.9. The van der Waals surface area contributed by atoms with Crippen molar-refractivity contribution in [2.45, 2.75) is 98.8 Å². The van der Waals surface area contributed by atoms with Gasteiger partial charge in [0.05, 0.1) is 0 Å². The highest BCUT2D eigenvalue weighted by Gasteiger charge is 2.52. The van der Waals surface area contributed by atoms with Gasteiger partial charge in [-0.15, -0.1) is 0 Å². The monoisotopic (exact) mass is 350 g/mol. The zero-order valence-electron chi connectivity index (χ0n) is 17.5. The van der Waals surface area contributed by atoms with Crippen molar-refractivity contribution in [3.63, 3.8) is 0 Å². The molecular weight excluding hydrogens is 308 g/mol. The highest BCUT2D eigenvalue weighted by Crippen LogP contribution is 2.57. The molecule has 0 aromatic rings. The number of hydrogen-bond donors (Lipinski definition) is 0. The first-order chi connectivity index (χ1) is 11.7. The summed E-state index contributed by atoms with van der Waals surface area (Å²) < 4.78 is 4.94. The lowest BCUT2D eigenvalue weighted by atomic mass is 9.62. The molecule has 2 saturated carbocycles. The van der Waals surface area contributed by atoms with Crippen molar-refractivity contribution in [1.29, 1.82) is 0 Å². The Bertz CT molecular complexity index is 411. The van der Waals surface area contributed by atoms with E-state index in [1.807, 2.05) is 0 Å². The van der Waals surface area contributed by atoms with Gasteiger partial charge >= 0.3 is 0 Å². The van der Waals surface area contributed by atoms with Crippen LogP contribution >= 0.6 is 0 Å². The van der Waals surface area contributed by atoms with Crippen LogP contribution in [0.3, 0.4) is 0 Å². The van der Waals surface area contributed by atoms with Gasteiger partial charge in [0.15, 0.2) is 0 Å². The lowest BCUT2D eigenvalue weighted by Crippen LogP contribution is -2.39. The van der Waals surface area contributed by atoms with E-state index in [2.05, 4.69) is 34.6 Å². The molecule has 1 heterocycles. The Morgan fingerprint density at radius 1 is 1.16 bits per heavy atom. The van der Waals surface area contributed by atoms with E-state index in [-0.39, 0.29) is 0 Å². The molecule has 1 aliphatic heterocycles. The van der Waals surface area contributed by atoms with Crippen LogP contribution in [0.15, 0.2) is 0 Å². The minimum absolute atomic E-state index is 0.330. The van der Waals surface area contributed by atoms with Crippen molar-refractivity contribution in [3.8, 4) is 0 Å². The van der Waals surface area contributed by atoms with Gasteiger partial charge in [0.2, 0.25) is 0 Å². The number of carbonyl (C=O) groups excluding carboxylic acids is 1. The van der Waals surface area contributed by atoms with E-state index in [9.17, 15) is 4.79 Å². The number of ketones is 1. The fourth-order valence-electron chi connectivity index (χ4n) is 5.57. The van der Waals surface area contributed by atoms with Gasteiger partial charge in [-0.2, -0.15) is 0 Å². The van der Waals surface area contributed by atoms with Gasteiger partial charge in [0.1, 0.15) is 5.78 Å². The van der Waals surface area contributed by atoms with Gasteiger partial charge in [-0.1, -0.05) is 47.5 Å². The largest absolute Gasteiger partial charge is 0.381 e. The molecular formula is C23H42O2. The Kier molecular flexibility index (Phi) is 7.55. The SMILES string of the molecule is C1CCOC1.C[C@H](CCCC(C)(C)C)C1CCC2C(=O)CCC[C@@]21C. The Morgan fingerprint density at radius 3 is 2.40 bits per heavy atom. The Labute approximate surface area is 156 Å². The fourth-order valence-corrected chi connectivity index (χ4v) is 5.57. The summed E-state index contributed by atoms with van der Waals surface area (Å²) in [5, 5.41) is 0. The molecule has 0 amide bonds. The van der Waals surface area contributed by atoms with Crippen molar-refractivity contribution in [3.05, 3.63) is 0 Å². The molecule has 3 aliphatic rings. The predicted octanol–water partition coefficient (Wildman–Crippen LogP) is 6.42. The van der Waals surface area contributed by atoms with Crippen molar-refractivity contribution in [2.24, 2.45) is 28.6 Å². The molecule has 0 spiro atoms. The topological polar surface area (TPSA) is 26.3 Å². The summed E-state index contributed by atoms with van der Waals surface area (Å²) in [4.78, 5) is 12.2. The van der Waals surface area contributed by atoms with Crippen LogP contribution in [0.4, 0.5) is 0 Å². The third-order valence-corrected chi connectivity index (χ3v) is 7.04. The van der Waals surface area contributed by atoms with Crippen molar-refractivity contribution >= 4 is 5.78 Å². The molecule has 2 unspecified atom stereocenters. The van der Waals surface area contributed by atoms with E-state index >= 15 is 0 Å². The number of fused-ring (bicyclic) bond motifs is 1. The highest BCUT2D eigenvalue weighted by atomic mass is 16.5. The summed E-state index contributed by atoms with van der Waals surface area (Å²) >= 11 is 0. The molecule has 0 N–H and O–H groups in total. The molecule has 3 fully saturated rings. The van der Waals surface area contributed by atoms with Crippen molar-refractivity contribution in [2.75, 3.05) is 13.2 Å². The Hall–Kier alpha value is -0.370. The zero-order chi connectivity index (χ0) is 18.5. The summed E-state index contributed by atoms with van der Waals surface area (Å²) in [5.41, 5.74) is 0.791. The molecule has 25 heavy (non-hydrogen) atoms. The van der Waals surface area contributed by atoms with Crippen LogP contribution in [0.5, 0.6) is 0 Å². The molecule has 146 valence electrons. The molecule has 0 aromatic heterocycles. The maximum atomic E-state index is 12.2. The first kappa shape index (κ1) is 20.9. The Balaban J connectivity index is 0.000000386. The first-order valence-electron chi connectivity index (χ1n) is 10.8. The molecule has 2 aliphatic carbocycles. The van der Waals surface area contributed by atoms with E-state index in [1.54, 1.807) is 0 Å². The number of hydrogen-bond acceptors (Lipinski definition) is 2. The Morgan fingerprint density at radius 2 is 1.84 bits per heavy atom. The zero-order valence-corrected chi connectivity index (χ0v) is 17.5. The smallest absolute Gasteiger partial charge is 0.136 e. The summed E-state index contributed by atoms with van der Waals surface area (Å²) in [6, 6.07) is 0. The number of rotatable bonds is 4. The quantitative estimate of drug-likeness (QED) is 0.584. The van der Waals surface area contributed by atoms with Gasteiger partial charge in [-0.05, 0) is 67.6 Å². The predicted molar refractivity (Wildman–Crippen MR) is 106 cm³/mol. The minimum atomic E-state index is 0.330. The van der Waals surface area contributed by atoms with Gasteiger partial charge in [-0.25, -0.2) is 0 Å². The van der Waals surface area contributed by atoms with Crippen LogP contribution in [0.1, 0.15) is 98.8 Å². The van der Waals surface area contributed by atoms with E-state index in [0.717, 1.165) is 37.9 Å². The average Bonchev–Trinajstić information content (AvgIpc) is 3.16. The van der Waals surface area contributed by atoms with Gasteiger partial charge in [-0.3, -0.25) is 4.79 Å². The minimum Gasteiger partial charge on any atom is -0.381 e. The molecule has 0 aromatic carbocycles. The lowest BCUT2D eigenvalue weighted by molar-refractivity contribution is -0.130. The molecule has 3 rings (SSSR count). The molecule has 2 heteroatoms. The van der Waals surface area contributed by atoms with Gasteiger partial charge < -0.3 is 4.74 Å². The highest BCUT2D eigenvalue weighted by molar-refractivity contribution is 5.83. The molecule has 1 saturated heterocycles. The van der Waals surface area contributed by atoms with Gasteiger partial charge in [0.25, 0.3) is 0 Å². The second-order valence-corrected chi connectivity index (χ2v) is 10.3. The van der Waals surface area contributed by atoms with Crippen LogP contribution < -0.4 is 0 Å². The molecule has 0 bridgehead atoms. The number of Topliss-reactive ketones (excluding diaryl/α,β-unsaturated/α-hetero) is 1. The van der Waals surface area contributed by atoms with Crippen LogP contribution in [0, 0.1) is 28.6 Å². The van der Waals surface area contributed by atoms with E-state index in [4.69, 9.17) is 4.74 Å². The second-order valence-electron chi connectivity index (χ2n) is 10.3. The third-order valence-electron chi connectivity index (χ3n) is 7.04. The van der Waals surface area contributed by atoms with Crippen molar-refractivity contribution < 1.29 is 9.53 Å². The molecule has 0 radical (unpaired) electrons. The third kappa shape index (κ3) is 5.81. The lowest BCUT2D eigenvalue weighted by Gasteiger charge is -2.42. The van der Waals surface area contributed by atoms with Gasteiger partial charge in [0, 0.05) is 25.6 Å². The van der Waals surface area contributed by atoms with E-state index in [0.29, 0.717) is 22.5 Å². The summed E-state index contributed by atoms with van der Waals surface area (Å²) in [6.07, 6.45) is 12.3. The molecule has 2 nitrogen and oxygen atoms in total. The van der Waals surface area contributed by atoms with Crippen LogP contribution in [0.25, 0.3) is 0 Å². The summed E-state index contributed by atoms with van der Waals surface area (Å²) in [5.74, 6) is 2.55. The van der Waals surface area contributed by atoms with Crippen LogP contribution in [-0.4, -0.2) is 19.0 Å². The normalized spacial score (nSPS) is 33.6. The number of ether oxygens (including phenoxy) is 1. The average molecular weight is 351 g/mol. The number of carbonyl (C=O) groups is 1. The van der Waals surface area contributed by atoms with Crippen LogP contribution in [0.2, 0.25) is 0 Å². The van der Waals surface area contributed by atoms with Crippen LogP contribution in [-0.2, 0) is 9.53 Å². The fraction of sp³-hybridized carbons (Fsp3) is 0.957. The molecule has 4 atom stereocenters. The summed E-state index contributed by atoms with van der Waals surface area (Å²) in [7, 11) is 0. The standard InChI is InChI=1S/C19H34O.C4H8O/c1-14(8-6-12-18(2,3)4)15-10-11-16-17(20)9-7-13-19(15,16)5;1-2-4-5-3-1/h14-16H,6-13H2,1-5H3;1-4H2/t14-,15?,16?,19-;/m1./s1. The van der Waals surface area contributed by atoms with E-state index < -0.39 is 0 Å². The first-order valence-corrected chi connectivity index (χ1v) is 10.8.